The van der Waals surface area contributed by atoms with E-state index in [1.165, 1.54) is 5.57 Å². The Balaban J connectivity index is 3.57. The zero-order valence-electron chi connectivity index (χ0n) is 8.90. The molecule has 0 heterocycles. The Kier molecular flexibility index (Phi) is 4.95. The Hall–Kier alpha value is 0.0500. The smallest absolute Gasteiger partial charge is 0.0220 e. The Morgan fingerprint density at radius 2 is 2.00 bits per heavy atom. The zero-order valence-corrected chi connectivity index (χ0v) is 9.72. The van der Waals surface area contributed by atoms with Gasteiger partial charge in [-0.3, -0.25) is 4.72 Å². The Labute approximate surface area is 81.1 Å². The Morgan fingerprint density at radius 1 is 1.50 bits per heavy atom. The van der Waals surface area contributed by atoms with Gasteiger partial charge in [0.25, 0.3) is 0 Å². The fraction of sp³-hybridized carbons (Fsp3) is 0.800. The van der Waals surface area contributed by atoms with Crippen molar-refractivity contribution in [2.45, 2.75) is 51.8 Å². The fourth-order valence-corrected chi connectivity index (χ4v) is 1.48. The molecule has 0 saturated carbocycles. The van der Waals surface area contributed by atoms with E-state index in [4.69, 9.17) is 0 Å². The van der Waals surface area contributed by atoms with Crippen LogP contribution >= 0.6 is 11.9 Å². The number of rotatable bonds is 4. The third kappa shape index (κ3) is 8.15. The number of nitrogens with one attached hydrogen (secondary N) is 1. The molecule has 0 aliphatic carbocycles. The molecule has 0 unspecified atom stereocenters. The van der Waals surface area contributed by atoms with Crippen molar-refractivity contribution in [1.29, 1.82) is 0 Å². The Bertz CT molecular complexity index is 146. The van der Waals surface area contributed by atoms with Gasteiger partial charge in [-0.1, -0.05) is 17.5 Å². The lowest BCUT2D eigenvalue weighted by Crippen LogP contribution is -2.25. The van der Waals surface area contributed by atoms with E-state index in [0.29, 0.717) is 10.8 Å². The molecule has 2 heteroatoms. The predicted octanol–water partition coefficient (Wildman–Crippen LogP) is 3.38. The molecule has 0 saturated heterocycles. The third-order valence-corrected chi connectivity index (χ3v) is 2.35. The van der Waals surface area contributed by atoms with Crippen LogP contribution in [0.2, 0.25) is 0 Å². The molecular weight excluding hydrogens is 166 g/mol. The van der Waals surface area contributed by atoms with Crippen LogP contribution in [0.15, 0.2) is 12.2 Å². The van der Waals surface area contributed by atoms with Crippen molar-refractivity contribution >= 4 is 11.9 Å². The predicted molar refractivity (Wildman–Crippen MR) is 59.4 cm³/mol. The van der Waals surface area contributed by atoms with Gasteiger partial charge in [-0.05, 0) is 41.0 Å². The fourth-order valence-electron chi connectivity index (χ4n) is 0.842. The van der Waals surface area contributed by atoms with E-state index in [-0.39, 0.29) is 0 Å². The normalized spacial score (nSPS) is 14.4. The highest BCUT2D eigenvalue weighted by Crippen LogP contribution is 2.20. The average molecular weight is 187 g/mol. The van der Waals surface area contributed by atoms with Crippen LogP contribution in [0.25, 0.3) is 0 Å². The summed E-state index contributed by atoms with van der Waals surface area (Å²) in [7, 11) is 0. The van der Waals surface area contributed by atoms with Crippen LogP contribution < -0.4 is 4.72 Å². The topological polar surface area (TPSA) is 12.0 Å². The first-order valence-electron chi connectivity index (χ1n) is 4.39. The van der Waals surface area contributed by atoms with E-state index in [1.807, 2.05) is 0 Å². The second kappa shape index (κ2) is 4.93. The molecular formula is C10H21NS. The van der Waals surface area contributed by atoms with E-state index >= 15 is 0 Å². The van der Waals surface area contributed by atoms with Crippen LogP contribution in [-0.4, -0.2) is 10.8 Å². The molecule has 1 nitrogen and oxygen atoms in total. The largest absolute Gasteiger partial charge is 0.261 e. The molecule has 0 bridgehead atoms. The first kappa shape index (κ1) is 12.0. The summed E-state index contributed by atoms with van der Waals surface area (Å²) in [6.45, 7) is 14.8. The summed E-state index contributed by atoms with van der Waals surface area (Å²) >= 11 is 1.79. The first-order chi connectivity index (χ1) is 5.31. The second-order valence-corrected chi connectivity index (χ2v) is 6.06. The number of hydrogen-bond donors (Lipinski definition) is 1. The molecule has 0 aromatic heterocycles. The van der Waals surface area contributed by atoms with Crippen molar-refractivity contribution in [2.75, 3.05) is 0 Å². The molecule has 0 aliphatic heterocycles. The van der Waals surface area contributed by atoms with E-state index in [1.54, 1.807) is 11.9 Å². The van der Waals surface area contributed by atoms with Gasteiger partial charge in [-0.25, -0.2) is 0 Å². The van der Waals surface area contributed by atoms with Crippen molar-refractivity contribution < 1.29 is 0 Å². The van der Waals surface area contributed by atoms with Gasteiger partial charge in [0, 0.05) is 10.8 Å². The summed E-state index contributed by atoms with van der Waals surface area (Å²) in [4.78, 5) is 0. The molecule has 12 heavy (non-hydrogen) atoms. The van der Waals surface area contributed by atoms with Crippen LogP contribution in [0.5, 0.6) is 0 Å². The zero-order chi connectivity index (χ0) is 9.78. The van der Waals surface area contributed by atoms with Crippen molar-refractivity contribution in [3.05, 3.63) is 12.2 Å². The van der Waals surface area contributed by atoms with E-state index in [9.17, 15) is 0 Å². The molecule has 1 N–H and O–H groups in total. The minimum Gasteiger partial charge on any atom is -0.261 e. The minimum absolute atomic E-state index is 0.295. The molecule has 1 atom stereocenters. The van der Waals surface area contributed by atoms with Crippen molar-refractivity contribution in [1.82, 2.24) is 4.72 Å². The first-order valence-corrected chi connectivity index (χ1v) is 5.21. The van der Waals surface area contributed by atoms with E-state index in [0.717, 1.165) is 6.42 Å². The third-order valence-electron chi connectivity index (χ3n) is 1.22. The lowest BCUT2D eigenvalue weighted by atomic mass is 10.1. The molecule has 0 fully saturated rings. The van der Waals surface area contributed by atoms with Crippen molar-refractivity contribution in [2.24, 2.45) is 0 Å². The van der Waals surface area contributed by atoms with E-state index in [2.05, 4.69) is 45.9 Å². The number of hydrogen-bond acceptors (Lipinski definition) is 2. The highest BCUT2D eigenvalue weighted by molar-refractivity contribution is 7.98. The van der Waals surface area contributed by atoms with Gasteiger partial charge in [0.1, 0.15) is 0 Å². The molecule has 72 valence electrons. The van der Waals surface area contributed by atoms with Gasteiger partial charge in [0.15, 0.2) is 0 Å². The summed E-state index contributed by atoms with van der Waals surface area (Å²) in [5, 5.41) is 0. The van der Waals surface area contributed by atoms with Gasteiger partial charge in [0.2, 0.25) is 0 Å². The maximum atomic E-state index is 3.89. The quantitative estimate of drug-likeness (QED) is 0.535. The van der Waals surface area contributed by atoms with Crippen LogP contribution in [0.1, 0.15) is 41.0 Å². The molecule has 0 aliphatic rings. The van der Waals surface area contributed by atoms with Gasteiger partial charge in [-0.2, -0.15) is 0 Å². The highest BCUT2D eigenvalue weighted by Gasteiger charge is 2.12. The summed E-state index contributed by atoms with van der Waals surface area (Å²) in [6.07, 6.45) is 1.06. The molecule has 0 spiro atoms. The molecule has 0 rings (SSSR count). The SMILES string of the molecule is C=C(C)C[C@H](C)NSC(C)(C)C. The van der Waals surface area contributed by atoms with Gasteiger partial charge < -0.3 is 0 Å². The molecule has 0 radical (unpaired) electrons. The lowest BCUT2D eigenvalue weighted by molar-refractivity contribution is 0.672. The second-order valence-electron chi connectivity index (χ2n) is 4.39. The Morgan fingerprint density at radius 3 is 2.33 bits per heavy atom. The van der Waals surface area contributed by atoms with Crippen LogP contribution in [-0.2, 0) is 0 Å². The van der Waals surface area contributed by atoms with Gasteiger partial charge in [0.05, 0.1) is 0 Å². The summed E-state index contributed by atoms with van der Waals surface area (Å²) < 4.78 is 3.70. The summed E-state index contributed by atoms with van der Waals surface area (Å²) in [5.74, 6) is 0. The average Bonchev–Trinajstić information content (AvgIpc) is 1.80. The van der Waals surface area contributed by atoms with Crippen LogP contribution in [0.4, 0.5) is 0 Å². The standard InChI is InChI=1S/C10H21NS/c1-8(2)7-9(3)11-12-10(4,5)6/h9,11H,1,7H2,2-6H3/t9-/m0/s1. The van der Waals surface area contributed by atoms with E-state index < -0.39 is 0 Å². The summed E-state index contributed by atoms with van der Waals surface area (Å²) in [5.41, 5.74) is 1.24. The van der Waals surface area contributed by atoms with Gasteiger partial charge in [-0.15, -0.1) is 6.58 Å². The molecule has 0 aromatic rings. The maximum Gasteiger partial charge on any atom is 0.0220 e. The molecule has 0 amide bonds. The minimum atomic E-state index is 0.295. The van der Waals surface area contributed by atoms with Crippen molar-refractivity contribution in [3.63, 3.8) is 0 Å². The van der Waals surface area contributed by atoms with Crippen molar-refractivity contribution in [3.8, 4) is 0 Å². The maximum absolute atomic E-state index is 3.89. The summed E-state index contributed by atoms with van der Waals surface area (Å²) in [6, 6.07) is 0.520. The molecule has 0 aromatic carbocycles. The van der Waals surface area contributed by atoms with Gasteiger partial charge >= 0.3 is 0 Å². The van der Waals surface area contributed by atoms with Crippen LogP contribution in [0, 0.1) is 0 Å². The highest BCUT2D eigenvalue weighted by atomic mass is 32.2. The monoisotopic (exact) mass is 187 g/mol. The lowest BCUT2D eigenvalue weighted by Gasteiger charge is -2.21. The van der Waals surface area contributed by atoms with Crippen LogP contribution in [0.3, 0.4) is 0 Å².